The molecule has 5 heteroatoms. The lowest BCUT2D eigenvalue weighted by Gasteiger charge is -2.09. The molecule has 0 aliphatic heterocycles. The Morgan fingerprint density at radius 3 is 2.68 bits per heavy atom. The van der Waals surface area contributed by atoms with E-state index in [0.29, 0.717) is 6.61 Å². The second kappa shape index (κ2) is 8.13. The minimum atomic E-state index is -0.435. The third-order valence-electron chi connectivity index (χ3n) is 2.42. The zero-order valence-corrected chi connectivity index (χ0v) is 11.3. The standard InChI is InChI=1S/C14H19NO4/c1-3-18-14(17)10-15-13(16)8-9-19-12-7-5-4-6-11(12)2/h4-7H,3,8-10H2,1-2H3,(H,15,16). The van der Waals surface area contributed by atoms with E-state index >= 15 is 0 Å². The number of esters is 1. The van der Waals surface area contributed by atoms with E-state index in [1.165, 1.54) is 0 Å². The summed E-state index contributed by atoms with van der Waals surface area (Å²) < 4.78 is 10.2. The van der Waals surface area contributed by atoms with Crippen LogP contribution in [0.5, 0.6) is 5.75 Å². The molecule has 0 aliphatic carbocycles. The number of benzene rings is 1. The molecule has 1 rings (SSSR count). The summed E-state index contributed by atoms with van der Waals surface area (Å²) in [7, 11) is 0. The van der Waals surface area contributed by atoms with E-state index in [1.807, 2.05) is 31.2 Å². The number of carbonyl (C=O) groups is 2. The fourth-order valence-electron chi connectivity index (χ4n) is 1.44. The second-order valence-electron chi connectivity index (χ2n) is 3.95. The van der Waals surface area contributed by atoms with Crippen molar-refractivity contribution in [1.29, 1.82) is 0 Å². The fourth-order valence-corrected chi connectivity index (χ4v) is 1.44. The molecule has 1 aromatic carbocycles. The largest absolute Gasteiger partial charge is 0.493 e. The number of hydrogen-bond acceptors (Lipinski definition) is 4. The van der Waals surface area contributed by atoms with Gasteiger partial charge in [0, 0.05) is 0 Å². The van der Waals surface area contributed by atoms with Crippen molar-refractivity contribution in [3.8, 4) is 5.75 Å². The third kappa shape index (κ3) is 5.90. The first kappa shape index (κ1) is 15.0. The molecule has 1 N–H and O–H groups in total. The molecular formula is C14H19NO4. The van der Waals surface area contributed by atoms with E-state index in [4.69, 9.17) is 9.47 Å². The van der Waals surface area contributed by atoms with Gasteiger partial charge in [-0.05, 0) is 25.5 Å². The molecule has 0 bridgehead atoms. The van der Waals surface area contributed by atoms with Crippen LogP contribution in [0.3, 0.4) is 0 Å². The Kier molecular flexibility index (Phi) is 6.43. The van der Waals surface area contributed by atoms with E-state index in [2.05, 4.69) is 5.32 Å². The monoisotopic (exact) mass is 265 g/mol. The minimum Gasteiger partial charge on any atom is -0.493 e. The van der Waals surface area contributed by atoms with E-state index < -0.39 is 5.97 Å². The van der Waals surface area contributed by atoms with Gasteiger partial charge in [-0.25, -0.2) is 0 Å². The van der Waals surface area contributed by atoms with Crippen molar-refractivity contribution in [1.82, 2.24) is 5.32 Å². The Morgan fingerprint density at radius 1 is 1.26 bits per heavy atom. The van der Waals surface area contributed by atoms with Gasteiger partial charge in [-0.2, -0.15) is 0 Å². The molecular weight excluding hydrogens is 246 g/mol. The molecule has 104 valence electrons. The zero-order valence-electron chi connectivity index (χ0n) is 11.3. The summed E-state index contributed by atoms with van der Waals surface area (Å²) in [5.41, 5.74) is 1.02. The van der Waals surface area contributed by atoms with Crippen LogP contribution in [-0.4, -0.2) is 31.6 Å². The van der Waals surface area contributed by atoms with Crippen LogP contribution >= 0.6 is 0 Å². The normalized spacial score (nSPS) is 9.79. The maximum absolute atomic E-state index is 11.4. The topological polar surface area (TPSA) is 64.6 Å². The number of hydrogen-bond donors (Lipinski definition) is 1. The van der Waals surface area contributed by atoms with Crippen molar-refractivity contribution in [2.24, 2.45) is 0 Å². The zero-order chi connectivity index (χ0) is 14.1. The highest BCUT2D eigenvalue weighted by Crippen LogP contribution is 2.15. The van der Waals surface area contributed by atoms with Crippen LogP contribution in [0.15, 0.2) is 24.3 Å². The predicted octanol–water partition coefficient (Wildman–Crippen LogP) is 1.44. The smallest absolute Gasteiger partial charge is 0.325 e. The highest BCUT2D eigenvalue weighted by Gasteiger charge is 2.06. The molecule has 0 radical (unpaired) electrons. The summed E-state index contributed by atoms with van der Waals surface area (Å²) in [6.07, 6.45) is 0.202. The lowest BCUT2D eigenvalue weighted by molar-refractivity contribution is -0.143. The number of nitrogens with one attached hydrogen (secondary N) is 1. The van der Waals surface area contributed by atoms with E-state index in [9.17, 15) is 9.59 Å². The molecule has 5 nitrogen and oxygen atoms in total. The molecule has 0 saturated heterocycles. The fraction of sp³-hybridized carbons (Fsp3) is 0.429. The van der Waals surface area contributed by atoms with E-state index in [0.717, 1.165) is 11.3 Å². The summed E-state index contributed by atoms with van der Waals surface area (Å²) in [5, 5.41) is 2.47. The van der Waals surface area contributed by atoms with Crippen molar-refractivity contribution in [2.75, 3.05) is 19.8 Å². The molecule has 0 spiro atoms. The average molecular weight is 265 g/mol. The van der Waals surface area contributed by atoms with Crippen LogP contribution in [0.1, 0.15) is 18.9 Å². The number of ether oxygens (including phenoxy) is 2. The van der Waals surface area contributed by atoms with Gasteiger partial charge in [0.2, 0.25) is 5.91 Å². The Bertz CT molecular complexity index is 431. The molecule has 0 saturated carbocycles. The van der Waals surface area contributed by atoms with Crippen molar-refractivity contribution >= 4 is 11.9 Å². The summed E-state index contributed by atoms with van der Waals surface area (Å²) >= 11 is 0. The van der Waals surface area contributed by atoms with E-state index in [-0.39, 0.29) is 25.5 Å². The third-order valence-corrected chi connectivity index (χ3v) is 2.42. The highest BCUT2D eigenvalue weighted by atomic mass is 16.5. The molecule has 19 heavy (non-hydrogen) atoms. The van der Waals surface area contributed by atoms with Gasteiger partial charge >= 0.3 is 5.97 Å². The first-order valence-electron chi connectivity index (χ1n) is 6.24. The van der Waals surface area contributed by atoms with Crippen LogP contribution in [0, 0.1) is 6.92 Å². The van der Waals surface area contributed by atoms with Gasteiger partial charge in [0.15, 0.2) is 0 Å². The Labute approximate surface area is 112 Å². The summed E-state index contributed by atoms with van der Waals surface area (Å²) in [4.78, 5) is 22.4. The van der Waals surface area contributed by atoms with E-state index in [1.54, 1.807) is 6.92 Å². The van der Waals surface area contributed by atoms with Crippen LogP contribution < -0.4 is 10.1 Å². The molecule has 0 heterocycles. The van der Waals surface area contributed by atoms with Gasteiger partial charge in [0.1, 0.15) is 12.3 Å². The van der Waals surface area contributed by atoms with Crippen molar-refractivity contribution in [2.45, 2.75) is 20.3 Å². The SMILES string of the molecule is CCOC(=O)CNC(=O)CCOc1ccccc1C. The number of para-hydroxylation sites is 1. The molecule has 0 fully saturated rings. The van der Waals surface area contributed by atoms with Crippen LogP contribution in [0.25, 0.3) is 0 Å². The Morgan fingerprint density at radius 2 is 2.00 bits per heavy atom. The lowest BCUT2D eigenvalue weighted by Crippen LogP contribution is -2.31. The molecule has 1 aromatic rings. The molecule has 0 atom stereocenters. The van der Waals surface area contributed by atoms with Gasteiger partial charge in [0.05, 0.1) is 19.6 Å². The predicted molar refractivity (Wildman–Crippen MR) is 70.9 cm³/mol. The number of carbonyl (C=O) groups excluding carboxylic acids is 2. The molecule has 0 aromatic heterocycles. The van der Waals surface area contributed by atoms with Crippen molar-refractivity contribution in [3.05, 3.63) is 29.8 Å². The van der Waals surface area contributed by atoms with Crippen molar-refractivity contribution < 1.29 is 19.1 Å². The maximum Gasteiger partial charge on any atom is 0.325 e. The van der Waals surface area contributed by atoms with Crippen molar-refractivity contribution in [3.63, 3.8) is 0 Å². The van der Waals surface area contributed by atoms with Crippen LogP contribution in [0.4, 0.5) is 0 Å². The minimum absolute atomic E-state index is 0.100. The van der Waals surface area contributed by atoms with Gasteiger partial charge in [-0.15, -0.1) is 0 Å². The summed E-state index contributed by atoms with van der Waals surface area (Å²) in [6, 6.07) is 7.60. The number of aryl methyl sites for hydroxylation is 1. The van der Waals surface area contributed by atoms with Crippen LogP contribution in [0.2, 0.25) is 0 Å². The molecule has 1 amide bonds. The Hall–Kier alpha value is -2.04. The molecule has 0 aliphatic rings. The van der Waals surface area contributed by atoms with Gasteiger partial charge in [-0.3, -0.25) is 9.59 Å². The summed E-state index contributed by atoms with van der Waals surface area (Å²) in [5.74, 6) is 0.0954. The number of amides is 1. The average Bonchev–Trinajstić information content (AvgIpc) is 2.39. The second-order valence-corrected chi connectivity index (χ2v) is 3.95. The maximum atomic E-state index is 11.4. The lowest BCUT2D eigenvalue weighted by atomic mass is 10.2. The summed E-state index contributed by atoms with van der Waals surface area (Å²) in [6.45, 7) is 4.15. The van der Waals surface area contributed by atoms with Gasteiger partial charge in [-0.1, -0.05) is 18.2 Å². The van der Waals surface area contributed by atoms with Gasteiger partial charge in [0.25, 0.3) is 0 Å². The van der Waals surface area contributed by atoms with Gasteiger partial charge < -0.3 is 14.8 Å². The molecule has 0 unspecified atom stereocenters. The van der Waals surface area contributed by atoms with Crippen LogP contribution in [-0.2, 0) is 14.3 Å². The highest BCUT2D eigenvalue weighted by molar-refractivity contribution is 5.81. The first-order chi connectivity index (χ1) is 9.13. The first-order valence-corrected chi connectivity index (χ1v) is 6.24. The quantitative estimate of drug-likeness (QED) is 0.758. The Balaban J connectivity index is 2.21. The number of rotatable bonds is 7.